The number of benzene rings is 1. The van der Waals surface area contributed by atoms with Gasteiger partial charge in [-0.2, -0.15) is 0 Å². The van der Waals surface area contributed by atoms with Crippen LogP contribution in [-0.4, -0.2) is 49.5 Å². The maximum atomic E-state index is 13.4. The maximum absolute atomic E-state index is 13.4. The third kappa shape index (κ3) is 6.16. The van der Waals surface area contributed by atoms with Crippen LogP contribution in [0.2, 0.25) is 5.02 Å². The number of ether oxygens (including phenoxy) is 1. The first-order chi connectivity index (χ1) is 18.7. The highest BCUT2D eigenvalue weighted by Gasteiger charge is 2.29. The molecule has 1 unspecified atom stereocenters. The van der Waals surface area contributed by atoms with Crippen LogP contribution in [0.4, 0.5) is 5.00 Å². The summed E-state index contributed by atoms with van der Waals surface area (Å²) in [5.74, 6) is -1.29. The molecule has 2 aliphatic rings. The van der Waals surface area contributed by atoms with Crippen molar-refractivity contribution in [2.75, 3.05) is 18.5 Å². The van der Waals surface area contributed by atoms with E-state index in [2.05, 4.69) is 20.6 Å². The summed E-state index contributed by atoms with van der Waals surface area (Å²) in [7, 11) is -3.96. The van der Waals surface area contributed by atoms with E-state index >= 15 is 0 Å². The Labute approximate surface area is 236 Å². The molecule has 2 N–H and O–H groups in total. The molecule has 0 bridgehead atoms. The zero-order valence-electron chi connectivity index (χ0n) is 21.5. The highest BCUT2D eigenvalue weighted by molar-refractivity contribution is 7.90. The summed E-state index contributed by atoms with van der Waals surface area (Å²) in [6, 6.07) is 7.13. The average Bonchev–Trinajstić information content (AvgIpc) is 3.56. The van der Waals surface area contributed by atoms with Gasteiger partial charge in [0.1, 0.15) is 5.00 Å². The van der Waals surface area contributed by atoms with Gasteiger partial charge < -0.3 is 15.4 Å². The number of amides is 2. The molecule has 1 aliphatic heterocycles. The number of sulfone groups is 1. The number of nitrogens with zero attached hydrogens (tertiary/aromatic N) is 2. The van der Waals surface area contributed by atoms with Crippen molar-refractivity contribution in [2.45, 2.75) is 62.5 Å². The number of carbonyl (C=O) groups excluding carboxylic acids is 2. The van der Waals surface area contributed by atoms with Gasteiger partial charge in [0, 0.05) is 18.0 Å². The number of hydrogen-bond acceptors (Lipinski definition) is 8. The van der Waals surface area contributed by atoms with Gasteiger partial charge in [-0.3, -0.25) is 9.59 Å². The Kier molecular flexibility index (Phi) is 8.32. The molecule has 0 saturated carbocycles. The van der Waals surface area contributed by atoms with E-state index in [1.807, 2.05) is 19.1 Å². The fraction of sp³-hybridized carbons (Fsp3) is 0.407. The lowest BCUT2D eigenvalue weighted by Gasteiger charge is -2.15. The predicted octanol–water partition coefficient (Wildman–Crippen LogP) is 4.51. The summed E-state index contributed by atoms with van der Waals surface area (Å²) >= 11 is 7.61. The van der Waals surface area contributed by atoms with Crippen molar-refractivity contribution < 1.29 is 22.7 Å². The lowest BCUT2D eigenvalue weighted by molar-refractivity contribution is 0.0858. The second-order valence-electron chi connectivity index (χ2n) is 9.75. The molecule has 39 heavy (non-hydrogen) atoms. The lowest BCUT2D eigenvalue weighted by Crippen LogP contribution is -2.32. The van der Waals surface area contributed by atoms with Crippen LogP contribution in [0.3, 0.4) is 0 Å². The number of hydrogen-bond donors (Lipinski definition) is 2. The SMILES string of the molecule is Cc1ccccc1CS(=O)(=O)c1ncc(Cl)c(C(=O)Nc2sc3c(c2C(=O)NCC2CCCO2)CCCC3)n1. The number of carbonyl (C=O) groups is 2. The fourth-order valence-corrected chi connectivity index (χ4v) is 7.62. The minimum absolute atomic E-state index is 0.0127. The second kappa shape index (κ2) is 11.7. The molecule has 2 amide bonds. The zero-order chi connectivity index (χ0) is 27.6. The number of aryl methyl sites for hydroxylation is 2. The fourth-order valence-electron chi connectivity index (χ4n) is 4.86. The Hall–Kier alpha value is -2.86. The summed E-state index contributed by atoms with van der Waals surface area (Å²) in [5.41, 5.74) is 2.55. The Morgan fingerprint density at radius 2 is 1.95 bits per heavy atom. The highest BCUT2D eigenvalue weighted by atomic mass is 35.5. The minimum atomic E-state index is -3.96. The van der Waals surface area contributed by atoms with Gasteiger partial charge in [0.15, 0.2) is 5.69 Å². The largest absolute Gasteiger partial charge is 0.376 e. The van der Waals surface area contributed by atoms with Crippen molar-refractivity contribution >= 4 is 49.6 Å². The van der Waals surface area contributed by atoms with E-state index in [4.69, 9.17) is 16.3 Å². The number of thiophene rings is 1. The van der Waals surface area contributed by atoms with E-state index in [-0.39, 0.29) is 28.5 Å². The van der Waals surface area contributed by atoms with Gasteiger partial charge in [0.2, 0.25) is 15.0 Å². The number of fused-ring (bicyclic) bond motifs is 1. The molecule has 1 atom stereocenters. The molecule has 1 saturated heterocycles. The summed E-state index contributed by atoms with van der Waals surface area (Å²) in [4.78, 5) is 35.7. The average molecular weight is 589 g/mol. The summed E-state index contributed by atoms with van der Waals surface area (Å²) in [6.45, 7) is 2.91. The first kappa shape index (κ1) is 27.7. The highest BCUT2D eigenvalue weighted by Crippen LogP contribution is 2.38. The Morgan fingerprint density at radius 3 is 2.72 bits per heavy atom. The van der Waals surface area contributed by atoms with Crippen molar-refractivity contribution in [1.29, 1.82) is 0 Å². The van der Waals surface area contributed by atoms with Gasteiger partial charge in [0.25, 0.3) is 11.8 Å². The molecule has 206 valence electrons. The smallest absolute Gasteiger partial charge is 0.276 e. The standard InChI is InChI=1S/C27H29ClN4O5S2/c1-16-7-2-3-8-17(16)15-39(35,36)27-30-14-20(28)23(31-27)25(34)32-26-22(19-10-4-5-11-21(19)38-26)24(33)29-13-18-9-6-12-37-18/h2-3,7-8,14,18H,4-6,9-13,15H2,1H3,(H,29,33)(H,32,34). The van der Waals surface area contributed by atoms with Crippen molar-refractivity contribution in [1.82, 2.24) is 15.3 Å². The van der Waals surface area contributed by atoms with Gasteiger partial charge in [0.05, 0.1) is 28.6 Å². The molecule has 5 rings (SSSR count). The number of halogens is 1. The van der Waals surface area contributed by atoms with E-state index in [0.29, 0.717) is 29.3 Å². The van der Waals surface area contributed by atoms with E-state index < -0.39 is 20.9 Å². The normalized spacial score (nSPS) is 17.0. The third-order valence-electron chi connectivity index (χ3n) is 6.96. The molecule has 1 fully saturated rings. The van der Waals surface area contributed by atoms with Gasteiger partial charge in [-0.25, -0.2) is 18.4 Å². The van der Waals surface area contributed by atoms with Crippen LogP contribution in [0.25, 0.3) is 0 Å². The molecule has 1 aliphatic carbocycles. The van der Waals surface area contributed by atoms with Crippen LogP contribution < -0.4 is 10.6 Å². The van der Waals surface area contributed by atoms with Crippen LogP contribution >= 0.6 is 22.9 Å². The van der Waals surface area contributed by atoms with Crippen LogP contribution in [0.1, 0.15) is 68.1 Å². The van der Waals surface area contributed by atoms with Crippen molar-refractivity contribution in [3.8, 4) is 0 Å². The van der Waals surface area contributed by atoms with Gasteiger partial charge in [-0.1, -0.05) is 35.9 Å². The van der Waals surface area contributed by atoms with Crippen LogP contribution in [0, 0.1) is 6.92 Å². The van der Waals surface area contributed by atoms with Crippen LogP contribution in [0.5, 0.6) is 0 Å². The van der Waals surface area contributed by atoms with Gasteiger partial charge >= 0.3 is 0 Å². The molecule has 0 radical (unpaired) electrons. The molecule has 3 aromatic rings. The number of aromatic nitrogens is 2. The van der Waals surface area contributed by atoms with Crippen LogP contribution in [0.15, 0.2) is 35.6 Å². The molecule has 3 heterocycles. The van der Waals surface area contributed by atoms with Crippen LogP contribution in [-0.2, 0) is 33.2 Å². The molecule has 2 aromatic heterocycles. The van der Waals surface area contributed by atoms with Crippen molar-refractivity contribution in [3.05, 3.63) is 68.3 Å². The Balaban J connectivity index is 1.40. The van der Waals surface area contributed by atoms with Gasteiger partial charge in [-0.15, -0.1) is 11.3 Å². The zero-order valence-corrected chi connectivity index (χ0v) is 23.8. The molecular weight excluding hydrogens is 560 g/mol. The van der Waals surface area contributed by atoms with Crippen molar-refractivity contribution in [2.24, 2.45) is 0 Å². The Morgan fingerprint density at radius 1 is 1.15 bits per heavy atom. The maximum Gasteiger partial charge on any atom is 0.276 e. The number of anilines is 1. The molecular formula is C27H29ClN4O5S2. The predicted molar refractivity (Wildman–Crippen MR) is 149 cm³/mol. The second-order valence-corrected chi connectivity index (χ2v) is 13.1. The van der Waals surface area contributed by atoms with E-state index in [9.17, 15) is 18.0 Å². The first-order valence-corrected chi connectivity index (χ1v) is 15.7. The van der Waals surface area contributed by atoms with Crippen molar-refractivity contribution in [3.63, 3.8) is 0 Å². The summed E-state index contributed by atoms with van der Waals surface area (Å²) in [5, 5.41) is 5.57. The lowest BCUT2D eigenvalue weighted by atomic mass is 9.95. The number of rotatable bonds is 8. The quantitative estimate of drug-likeness (QED) is 0.371. The minimum Gasteiger partial charge on any atom is -0.376 e. The Bertz CT molecular complexity index is 1520. The molecule has 9 nitrogen and oxygen atoms in total. The molecule has 1 aromatic carbocycles. The first-order valence-electron chi connectivity index (χ1n) is 12.9. The topological polar surface area (TPSA) is 127 Å². The molecule has 12 heteroatoms. The summed E-state index contributed by atoms with van der Waals surface area (Å²) < 4.78 is 31.8. The summed E-state index contributed by atoms with van der Waals surface area (Å²) in [6.07, 6.45) is 6.52. The monoisotopic (exact) mass is 588 g/mol. The van der Waals surface area contributed by atoms with E-state index in [1.54, 1.807) is 12.1 Å². The van der Waals surface area contributed by atoms with E-state index in [0.717, 1.165) is 60.7 Å². The molecule has 0 spiro atoms. The third-order valence-corrected chi connectivity index (χ3v) is 9.89. The van der Waals surface area contributed by atoms with Gasteiger partial charge in [-0.05, 0) is 62.1 Å². The van der Waals surface area contributed by atoms with E-state index in [1.165, 1.54) is 11.3 Å². The number of nitrogens with one attached hydrogen (secondary N) is 2.